The van der Waals surface area contributed by atoms with Crippen LogP contribution in [0.25, 0.3) is 10.9 Å². The molecule has 2 amide bonds. The summed E-state index contributed by atoms with van der Waals surface area (Å²) in [5, 5.41) is 10.2. The minimum Gasteiger partial charge on any atom is -0.368 e. The third kappa shape index (κ3) is 4.64. The lowest BCUT2D eigenvalue weighted by molar-refractivity contribution is -0.136. The van der Waals surface area contributed by atoms with Crippen molar-refractivity contribution in [2.75, 3.05) is 44.2 Å². The van der Waals surface area contributed by atoms with Crippen LogP contribution in [0.5, 0.6) is 0 Å². The molecule has 3 heterocycles. The fourth-order valence-electron chi connectivity index (χ4n) is 6.90. The Kier molecular flexibility index (Phi) is 7.06. The van der Waals surface area contributed by atoms with Crippen molar-refractivity contribution >= 4 is 34.2 Å². The van der Waals surface area contributed by atoms with Crippen LogP contribution in [-0.2, 0) is 21.4 Å². The molecule has 2 aromatic carbocycles. The van der Waals surface area contributed by atoms with E-state index in [1.807, 2.05) is 17.0 Å². The van der Waals surface area contributed by atoms with Gasteiger partial charge in [-0.05, 0) is 48.2 Å². The van der Waals surface area contributed by atoms with Crippen LogP contribution >= 0.6 is 0 Å². The number of aryl methyl sites for hydroxylation is 1. The first-order valence-corrected chi connectivity index (χ1v) is 15.0. The Hall–Kier alpha value is -4.16. The van der Waals surface area contributed by atoms with Crippen molar-refractivity contribution in [1.82, 2.24) is 14.8 Å². The number of nitrogens with two attached hydrogens (primary N) is 1. The Morgan fingerprint density at radius 3 is 2.40 bits per heavy atom. The van der Waals surface area contributed by atoms with Gasteiger partial charge in [0.2, 0.25) is 11.8 Å². The van der Waals surface area contributed by atoms with E-state index in [0.29, 0.717) is 50.4 Å². The van der Waals surface area contributed by atoms with Crippen LogP contribution in [0.15, 0.2) is 30.3 Å². The van der Waals surface area contributed by atoms with Gasteiger partial charge in [-0.25, -0.2) is 0 Å². The zero-order chi connectivity index (χ0) is 29.8. The summed E-state index contributed by atoms with van der Waals surface area (Å²) >= 11 is 0. The third-order valence-electron chi connectivity index (χ3n) is 9.40. The van der Waals surface area contributed by atoms with E-state index in [-0.39, 0.29) is 36.5 Å². The first kappa shape index (κ1) is 28.0. The standard InChI is InChI=1S/C33H38N6O3/c1-4-21-16-24-25(33(2,3)32-30(31(24)42)23-6-5-20(18-34)15-26(23)36-32)17-27(21)37-11-13-38(14-12-37)28(40)7-8-29(41)39-10-9-22(35)19-39/h5-6,15-17,22,36H,4,7-14,19,35H2,1-3H3/t22-/m1/s1. The van der Waals surface area contributed by atoms with Crippen molar-refractivity contribution in [3.63, 3.8) is 0 Å². The highest BCUT2D eigenvalue weighted by atomic mass is 16.2. The fourth-order valence-corrected chi connectivity index (χ4v) is 6.90. The van der Waals surface area contributed by atoms with E-state index in [1.54, 1.807) is 11.0 Å². The number of aromatic nitrogens is 1. The number of carbonyl (C=O) groups excluding carboxylic acids is 3. The Balaban J connectivity index is 1.21. The van der Waals surface area contributed by atoms with Gasteiger partial charge in [-0.2, -0.15) is 5.26 Å². The predicted octanol–water partition coefficient (Wildman–Crippen LogP) is 3.46. The van der Waals surface area contributed by atoms with E-state index >= 15 is 0 Å². The average molecular weight is 567 g/mol. The lowest BCUT2D eigenvalue weighted by Gasteiger charge is -2.39. The quantitative estimate of drug-likeness (QED) is 0.487. The first-order valence-electron chi connectivity index (χ1n) is 15.0. The lowest BCUT2D eigenvalue weighted by atomic mass is 9.70. The average Bonchev–Trinajstić information content (AvgIpc) is 3.62. The second-order valence-corrected chi connectivity index (χ2v) is 12.3. The number of nitrogens with zero attached hydrogens (tertiary/aromatic N) is 4. The number of anilines is 1. The number of ketones is 1. The number of fused-ring (bicyclic) bond motifs is 4. The summed E-state index contributed by atoms with van der Waals surface area (Å²) in [6.45, 7) is 10.2. The van der Waals surface area contributed by atoms with Gasteiger partial charge in [0.1, 0.15) is 0 Å². The molecule has 1 aromatic heterocycles. The summed E-state index contributed by atoms with van der Waals surface area (Å²) in [7, 11) is 0. The molecule has 2 fully saturated rings. The number of H-pyrrole nitrogens is 1. The van der Waals surface area contributed by atoms with E-state index in [1.165, 1.54) is 0 Å². The first-order chi connectivity index (χ1) is 20.1. The van der Waals surface area contributed by atoms with Crippen molar-refractivity contribution in [3.05, 3.63) is 63.8 Å². The van der Waals surface area contributed by atoms with E-state index in [0.717, 1.165) is 51.8 Å². The van der Waals surface area contributed by atoms with Crippen molar-refractivity contribution in [3.8, 4) is 6.07 Å². The van der Waals surface area contributed by atoms with Gasteiger partial charge in [0.05, 0.1) is 17.2 Å². The van der Waals surface area contributed by atoms with Gasteiger partial charge in [0, 0.05) is 91.4 Å². The van der Waals surface area contributed by atoms with Crippen LogP contribution in [0.2, 0.25) is 0 Å². The van der Waals surface area contributed by atoms with Crippen LogP contribution in [0, 0.1) is 11.3 Å². The number of nitrogens with one attached hydrogen (secondary N) is 1. The normalized spacial score (nSPS) is 19.5. The molecule has 1 atom stereocenters. The molecule has 6 rings (SSSR count). The van der Waals surface area contributed by atoms with Crippen LogP contribution in [0.4, 0.5) is 5.69 Å². The van der Waals surface area contributed by atoms with Gasteiger partial charge in [-0.15, -0.1) is 0 Å². The maximum absolute atomic E-state index is 13.9. The zero-order valence-corrected chi connectivity index (χ0v) is 24.6. The summed E-state index contributed by atoms with van der Waals surface area (Å²) in [6.07, 6.45) is 2.06. The number of nitriles is 1. The van der Waals surface area contributed by atoms with E-state index in [4.69, 9.17) is 5.73 Å². The highest BCUT2D eigenvalue weighted by Gasteiger charge is 2.40. The molecular formula is C33H38N6O3. The van der Waals surface area contributed by atoms with Crippen LogP contribution in [0.1, 0.15) is 78.3 Å². The molecule has 42 heavy (non-hydrogen) atoms. The molecule has 0 bridgehead atoms. The number of hydrogen-bond donors (Lipinski definition) is 2. The summed E-state index contributed by atoms with van der Waals surface area (Å²) < 4.78 is 0. The number of likely N-dealkylation sites (tertiary alicyclic amines) is 1. The van der Waals surface area contributed by atoms with Crippen LogP contribution in [0.3, 0.4) is 0 Å². The van der Waals surface area contributed by atoms with E-state index in [2.05, 4.69) is 48.9 Å². The van der Waals surface area contributed by atoms with E-state index < -0.39 is 5.41 Å². The third-order valence-corrected chi connectivity index (χ3v) is 9.40. The molecule has 3 aromatic rings. The van der Waals surface area contributed by atoms with Crippen molar-refractivity contribution in [2.45, 2.75) is 57.9 Å². The molecule has 9 nitrogen and oxygen atoms in total. The zero-order valence-electron chi connectivity index (χ0n) is 24.6. The topological polar surface area (TPSA) is 127 Å². The highest BCUT2D eigenvalue weighted by Crippen LogP contribution is 2.45. The number of amides is 2. The summed E-state index contributed by atoms with van der Waals surface area (Å²) in [4.78, 5) is 48.8. The molecule has 0 saturated carbocycles. The van der Waals surface area contributed by atoms with Crippen molar-refractivity contribution in [1.29, 1.82) is 5.26 Å². The van der Waals surface area contributed by atoms with Crippen LogP contribution < -0.4 is 10.6 Å². The molecule has 3 N–H and O–H groups in total. The van der Waals surface area contributed by atoms with Gasteiger partial charge >= 0.3 is 0 Å². The molecule has 9 heteroatoms. The smallest absolute Gasteiger partial charge is 0.223 e. The Labute approximate surface area is 246 Å². The van der Waals surface area contributed by atoms with Gasteiger partial charge in [-0.3, -0.25) is 14.4 Å². The maximum atomic E-state index is 13.9. The van der Waals surface area contributed by atoms with Gasteiger partial charge in [0.25, 0.3) is 0 Å². The molecule has 1 aliphatic carbocycles. The lowest BCUT2D eigenvalue weighted by Crippen LogP contribution is -2.49. The summed E-state index contributed by atoms with van der Waals surface area (Å²) in [5.74, 6) is 0.0417. The monoisotopic (exact) mass is 566 g/mol. The van der Waals surface area contributed by atoms with Gasteiger partial charge in [-0.1, -0.05) is 26.8 Å². The number of rotatable bonds is 5. The fraction of sp³-hybridized carbons (Fsp3) is 0.455. The number of piperazine rings is 1. The van der Waals surface area contributed by atoms with Crippen molar-refractivity contribution < 1.29 is 14.4 Å². The van der Waals surface area contributed by atoms with E-state index in [9.17, 15) is 19.6 Å². The second-order valence-electron chi connectivity index (χ2n) is 12.3. The van der Waals surface area contributed by atoms with Gasteiger partial charge < -0.3 is 25.4 Å². The number of benzene rings is 2. The summed E-state index contributed by atoms with van der Waals surface area (Å²) in [6, 6.07) is 11.9. The minimum atomic E-state index is -0.449. The summed E-state index contributed by atoms with van der Waals surface area (Å²) in [5.41, 5.74) is 12.3. The Bertz CT molecular complexity index is 1640. The molecular weight excluding hydrogens is 528 g/mol. The van der Waals surface area contributed by atoms with Gasteiger partial charge in [0.15, 0.2) is 5.78 Å². The Morgan fingerprint density at radius 1 is 1.05 bits per heavy atom. The molecule has 2 aliphatic heterocycles. The SMILES string of the molecule is CCc1cc2c(cc1N1CCN(C(=O)CCC(=O)N3CC[C@@H](N)C3)CC1)C(C)(C)c1[nH]c3cc(C#N)ccc3c1C2=O. The molecule has 2 saturated heterocycles. The maximum Gasteiger partial charge on any atom is 0.223 e. The minimum absolute atomic E-state index is 0.0115. The molecule has 0 spiro atoms. The largest absolute Gasteiger partial charge is 0.368 e. The highest BCUT2D eigenvalue weighted by molar-refractivity contribution is 6.20. The predicted molar refractivity (Wildman–Crippen MR) is 162 cm³/mol. The number of carbonyl (C=O) groups is 3. The number of aromatic amines is 1. The Morgan fingerprint density at radius 2 is 1.76 bits per heavy atom. The molecule has 3 aliphatic rings. The van der Waals surface area contributed by atoms with Crippen molar-refractivity contribution in [2.24, 2.45) is 5.73 Å². The molecule has 0 unspecified atom stereocenters. The second kappa shape index (κ2) is 10.6. The molecule has 0 radical (unpaired) electrons. The number of hydrogen-bond acceptors (Lipinski definition) is 6. The molecule has 218 valence electrons. The van der Waals surface area contributed by atoms with Crippen LogP contribution in [-0.4, -0.2) is 77.7 Å².